The molecule has 0 aliphatic carbocycles. The summed E-state index contributed by atoms with van der Waals surface area (Å²) in [5.74, 6) is -0.835. The molecule has 1 saturated heterocycles. The Bertz CT molecular complexity index is 343. The van der Waals surface area contributed by atoms with Gasteiger partial charge in [-0.1, -0.05) is 13.0 Å². The number of carbonyl (C=O) groups excluding carboxylic acids is 1. The molecule has 1 heterocycles. The van der Waals surface area contributed by atoms with Crippen molar-refractivity contribution in [2.24, 2.45) is 5.41 Å². The molecule has 0 aromatic carbocycles. The quantitative estimate of drug-likeness (QED) is 0.690. The number of carboxylic acid groups (broad SMARTS) is 1. The third kappa shape index (κ3) is 2.90. The van der Waals surface area contributed by atoms with Gasteiger partial charge in [0.15, 0.2) is 0 Å². The number of aliphatic carboxylic acids is 1. The van der Waals surface area contributed by atoms with Crippen LogP contribution in [0.4, 0.5) is 0 Å². The number of hydrogen-bond acceptors (Lipinski definition) is 3. The fourth-order valence-corrected chi connectivity index (χ4v) is 2.34. The Labute approximate surface area is 108 Å². The van der Waals surface area contributed by atoms with Crippen molar-refractivity contribution in [2.45, 2.75) is 32.7 Å². The van der Waals surface area contributed by atoms with Gasteiger partial charge in [0, 0.05) is 19.6 Å². The smallest absolute Gasteiger partial charge is 0.310 e. The van der Waals surface area contributed by atoms with Gasteiger partial charge in [-0.2, -0.15) is 0 Å². The van der Waals surface area contributed by atoms with E-state index in [1.54, 1.807) is 6.08 Å². The highest BCUT2D eigenvalue weighted by Gasteiger charge is 2.45. The highest BCUT2D eigenvalue weighted by atomic mass is 16.4. The van der Waals surface area contributed by atoms with E-state index in [1.165, 1.54) is 0 Å². The summed E-state index contributed by atoms with van der Waals surface area (Å²) in [6, 6.07) is -0.294. The van der Waals surface area contributed by atoms with E-state index in [-0.39, 0.29) is 11.9 Å². The molecule has 1 fully saturated rings. The van der Waals surface area contributed by atoms with Gasteiger partial charge in [-0.25, -0.2) is 0 Å². The SMILES string of the molecule is C=CCNC(=O)C(C)N1CCC(CC)(C(=O)O)C1. The molecule has 2 N–H and O–H groups in total. The van der Waals surface area contributed by atoms with E-state index in [1.807, 2.05) is 18.7 Å². The lowest BCUT2D eigenvalue weighted by Crippen LogP contribution is -2.45. The summed E-state index contributed by atoms with van der Waals surface area (Å²) in [6.45, 7) is 8.78. The lowest BCUT2D eigenvalue weighted by Gasteiger charge is -2.26. The van der Waals surface area contributed by atoms with Gasteiger partial charge in [-0.15, -0.1) is 6.58 Å². The van der Waals surface area contributed by atoms with E-state index >= 15 is 0 Å². The van der Waals surface area contributed by atoms with Crippen LogP contribution in [0.25, 0.3) is 0 Å². The van der Waals surface area contributed by atoms with Crippen molar-refractivity contribution >= 4 is 11.9 Å². The number of carbonyl (C=O) groups is 2. The third-order valence-corrected chi connectivity index (χ3v) is 3.86. The first-order chi connectivity index (χ1) is 8.46. The summed E-state index contributed by atoms with van der Waals surface area (Å²) < 4.78 is 0. The molecule has 0 aromatic rings. The van der Waals surface area contributed by atoms with E-state index in [2.05, 4.69) is 11.9 Å². The molecule has 1 rings (SSSR count). The monoisotopic (exact) mass is 254 g/mol. The fraction of sp³-hybridized carbons (Fsp3) is 0.692. The minimum absolute atomic E-state index is 0.0767. The summed E-state index contributed by atoms with van der Waals surface area (Å²) in [5.41, 5.74) is -0.688. The maximum absolute atomic E-state index is 11.8. The Balaban J connectivity index is 2.62. The maximum atomic E-state index is 11.8. The maximum Gasteiger partial charge on any atom is 0.310 e. The molecular weight excluding hydrogens is 232 g/mol. The number of carboxylic acids is 1. The van der Waals surface area contributed by atoms with E-state index in [4.69, 9.17) is 0 Å². The number of amides is 1. The molecule has 18 heavy (non-hydrogen) atoms. The Hall–Kier alpha value is -1.36. The molecule has 1 aliphatic heterocycles. The molecule has 2 unspecified atom stereocenters. The second-order valence-corrected chi connectivity index (χ2v) is 4.87. The second-order valence-electron chi connectivity index (χ2n) is 4.87. The van der Waals surface area contributed by atoms with Crippen LogP contribution in [0, 0.1) is 5.41 Å². The average Bonchev–Trinajstić information content (AvgIpc) is 2.80. The van der Waals surface area contributed by atoms with Gasteiger partial charge in [0.2, 0.25) is 5.91 Å². The van der Waals surface area contributed by atoms with E-state index in [0.717, 1.165) is 0 Å². The predicted octanol–water partition coefficient (Wildman–Crippen LogP) is 0.864. The van der Waals surface area contributed by atoms with Gasteiger partial charge in [-0.3, -0.25) is 14.5 Å². The van der Waals surface area contributed by atoms with Crippen LogP contribution in [0.1, 0.15) is 26.7 Å². The third-order valence-electron chi connectivity index (χ3n) is 3.86. The molecule has 1 amide bonds. The van der Waals surface area contributed by atoms with Gasteiger partial charge in [0.1, 0.15) is 0 Å². The highest BCUT2D eigenvalue weighted by molar-refractivity contribution is 5.82. The molecule has 2 atom stereocenters. The topological polar surface area (TPSA) is 69.6 Å². The summed E-state index contributed by atoms with van der Waals surface area (Å²) in [5, 5.41) is 12.0. The zero-order valence-electron chi connectivity index (χ0n) is 11.1. The largest absolute Gasteiger partial charge is 0.481 e. The Morgan fingerprint density at radius 2 is 2.28 bits per heavy atom. The number of nitrogens with zero attached hydrogens (tertiary/aromatic N) is 1. The molecule has 0 spiro atoms. The molecule has 1 aliphatic rings. The van der Waals surface area contributed by atoms with Crippen LogP contribution in [-0.2, 0) is 9.59 Å². The van der Waals surface area contributed by atoms with Crippen molar-refractivity contribution in [3.63, 3.8) is 0 Å². The van der Waals surface area contributed by atoms with Crippen molar-refractivity contribution < 1.29 is 14.7 Å². The molecular formula is C13H22N2O3. The molecule has 5 heteroatoms. The molecule has 0 bridgehead atoms. The van der Waals surface area contributed by atoms with Gasteiger partial charge in [0.25, 0.3) is 0 Å². The Kier molecular flexibility index (Phi) is 4.90. The predicted molar refractivity (Wildman–Crippen MR) is 69.2 cm³/mol. The molecule has 102 valence electrons. The first-order valence-electron chi connectivity index (χ1n) is 6.33. The average molecular weight is 254 g/mol. The molecule has 0 aromatic heterocycles. The van der Waals surface area contributed by atoms with Crippen LogP contribution in [0.15, 0.2) is 12.7 Å². The minimum Gasteiger partial charge on any atom is -0.481 e. The lowest BCUT2D eigenvalue weighted by atomic mass is 9.84. The Morgan fingerprint density at radius 3 is 2.72 bits per heavy atom. The second kappa shape index (κ2) is 6.00. The first-order valence-corrected chi connectivity index (χ1v) is 6.33. The van der Waals surface area contributed by atoms with Gasteiger partial charge >= 0.3 is 5.97 Å². The standard InChI is InChI=1S/C13H22N2O3/c1-4-7-14-11(16)10(3)15-8-6-13(5-2,9-15)12(17)18/h4,10H,1,5-9H2,2-3H3,(H,14,16)(H,17,18). The van der Waals surface area contributed by atoms with E-state index in [0.29, 0.717) is 32.5 Å². The number of likely N-dealkylation sites (tertiary alicyclic amines) is 1. The van der Waals surface area contributed by atoms with E-state index in [9.17, 15) is 14.7 Å². The number of nitrogens with one attached hydrogen (secondary N) is 1. The van der Waals surface area contributed by atoms with Gasteiger partial charge in [-0.05, 0) is 19.8 Å². The molecule has 0 radical (unpaired) electrons. The van der Waals surface area contributed by atoms with Crippen molar-refractivity contribution in [3.8, 4) is 0 Å². The summed E-state index contributed by atoms with van der Waals surface area (Å²) >= 11 is 0. The van der Waals surface area contributed by atoms with E-state index < -0.39 is 11.4 Å². The summed E-state index contributed by atoms with van der Waals surface area (Å²) in [7, 11) is 0. The van der Waals surface area contributed by atoms with Gasteiger partial charge in [0.05, 0.1) is 11.5 Å². The van der Waals surface area contributed by atoms with Crippen LogP contribution in [0.2, 0.25) is 0 Å². The van der Waals surface area contributed by atoms with Crippen molar-refractivity contribution in [3.05, 3.63) is 12.7 Å². The van der Waals surface area contributed by atoms with Crippen LogP contribution in [-0.4, -0.2) is 47.6 Å². The normalized spacial score (nSPS) is 25.7. The Morgan fingerprint density at radius 1 is 1.61 bits per heavy atom. The van der Waals surface area contributed by atoms with Crippen molar-refractivity contribution in [1.82, 2.24) is 10.2 Å². The lowest BCUT2D eigenvalue weighted by molar-refractivity contribution is -0.148. The summed E-state index contributed by atoms with van der Waals surface area (Å²) in [4.78, 5) is 25.1. The van der Waals surface area contributed by atoms with Crippen molar-refractivity contribution in [2.75, 3.05) is 19.6 Å². The number of rotatable bonds is 6. The molecule has 5 nitrogen and oxygen atoms in total. The molecule has 0 saturated carbocycles. The van der Waals surface area contributed by atoms with Crippen LogP contribution in [0.5, 0.6) is 0 Å². The first kappa shape index (κ1) is 14.7. The zero-order chi connectivity index (χ0) is 13.8. The van der Waals surface area contributed by atoms with Crippen molar-refractivity contribution in [1.29, 1.82) is 0 Å². The minimum atomic E-state index is -0.758. The summed E-state index contributed by atoms with van der Waals surface area (Å²) in [6.07, 6.45) is 2.83. The van der Waals surface area contributed by atoms with Gasteiger partial charge < -0.3 is 10.4 Å². The fourth-order valence-electron chi connectivity index (χ4n) is 2.34. The highest BCUT2D eigenvalue weighted by Crippen LogP contribution is 2.35. The number of hydrogen-bond donors (Lipinski definition) is 2. The zero-order valence-corrected chi connectivity index (χ0v) is 11.1. The van der Waals surface area contributed by atoms with Crippen LogP contribution >= 0.6 is 0 Å². The van der Waals surface area contributed by atoms with Crippen LogP contribution < -0.4 is 5.32 Å². The van der Waals surface area contributed by atoms with Crippen LogP contribution in [0.3, 0.4) is 0 Å².